The first kappa shape index (κ1) is 18.3. The van der Waals surface area contributed by atoms with Crippen LogP contribution in [0.3, 0.4) is 0 Å². The second kappa shape index (κ2) is 7.79. The molecule has 1 aliphatic heterocycles. The molecular formula is C19H14N2O5S. The summed E-state index contributed by atoms with van der Waals surface area (Å²) in [5.41, 5.74) is 0.733. The summed E-state index contributed by atoms with van der Waals surface area (Å²) >= 11 is 4.76. The summed E-state index contributed by atoms with van der Waals surface area (Å²) in [6.07, 6.45) is 1.37. The van der Waals surface area contributed by atoms with E-state index in [4.69, 9.17) is 21.7 Å². The summed E-state index contributed by atoms with van der Waals surface area (Å²) < 4.78 is 10.6. The molecule has 27 heavy (non-hydrogen) atoms. The van der Waals surface area contributed by atoms with E-state index in [1.165, 1.54) is 19.3 Å². The third kappa shape index (κ3) is 4.18. The second-order valence-electron chi connectivity index (χ2n) is 5.46. The average Bonchev–Trinajstić information content (AvgIpc) is 2.65. The van der Waals surface area contributed by atoms with Gasteiger partial charge in [0.1, 0.15) is 5.57 Å². The molecule has 1 heterocycles. The van der Waals surface area contributed by atoms with Crippen molar-refractivity contribution in [2.75, 3.05) is 7.11 Å². The van der Waals surface area contributed by atoms with Crippen LogP contribution in [-0.2, 0) is 9.59 Å². The summed E-state index contributed by atoms with van der Waals surface area (Å²) in [6.45, 7) is 0. The van der Waals surface area contributed by atoms with Crippen LogP contribution in [0.25, 0.3) is 6.08 Å². The fraction of sp³-hybridized carbons (Fsp3) is 0.0526. The van der Waals surface area contributed by atoms with Crippen LogP contribution in [0.1, 0.15) is 15.9 Å². The van der Waals surface area contributed by atoms with Crippen molar-refractivity contribution in [1.82, 2.24) is 10.6 Å². The zero-order chi connectivity index (χ0) is 19.4. The molecule has 2 N–H and O–H groups in total. The largest absolute Gasteiger partial charge is 0.493 e. The van der Waals surface area contributed by atoms with E-state index in [1.54, 1.807) is 42.5 Å². The fourth-order valence-corrected chi connectivity index (χ4v) is 2.55. The van der Waals surface area contributed by atoms with Gasteiger partial charge in [-0.15, -0.1) is 0 Å². The predicted octanol–water partition coefficient (Wildman–Crippen LogP) is 1.83. The quantitative estimate of drug-likeness (QED) is 0.276. The van der Waals surface area contributed by atoms with Gasteiger partial charge in [0.2, 0.25) is 0 Å². The Kier molecular flexibility index (Phi) is 5.28. The summed E-state index contributed by atoms with van der Waals surface area (Å²) in [5, 5.41) is 4.66. The van der Waals surface area contributed by atoms with Gasteiger partial charge in [-0.1, -0.05) is 24.3 Å². The number of thiocarbonyl (C=S) groups is 1. The van der Waals surface area contributed by atoms with Gasteiger partial charge in [0.05, 0.1) is 12.7 Å². The van der Waals surface area contributed by atoms with E-state index in [2.05, 4.69) is 10.6 Å². The molecule has 0 bridgehead atoms. The van der Waals surface area contributed by atoms with Crippen LogP contribution >= 0.6 is 12.2 Å². The van der Waals surface area contributed by atoms with Gasteiger partial charge in [-0.2, -0.15) is 0 Å². The highest BCUT2D eigenvalue weighted by Crippen LogP contribution is 2.30. The molecule has 0 unspecified atom stereocenters. The average molecular weight is 382 g/mol. The topological polar surface area (TPSA) is 93.7 Å². The van der Waals surface area contributed by atoms with E-state index in [1.807, 2.05) is 0 Å². The Morgan fingerprint density at radius 3 is 2.30 bits per heavy atom. The number of methoxy groups -OCH3 is 1. The van der Waals surface area contributed by atoms with Crippen LogP contribution in [0.4, 0.5) is 0 Å². The molecule has 1 aliphatic rings. The lowest BCUT2D eigenvalue weighted by atomic mass is 10.1. The van der Waals surface area contributed by atoms with Crippen molar-refractivity contribution in [1.29, 1.82) is 0 Å². The minimum Gasteiger partial charge on any atom is -0.493 e. The normalized spacial score (nSPS) is 13.5. The smallest absolute Gasteiger partial charge is 0.343 e. The van der Waals surface area contributed by atoms with Crippen molar-refractivity contribution in [2.24, 2.45) is 0 Å². The molecule has 2 amide bonds. The predicted molar refractivity (Wildman–Crippen MR) is 101 cm³/mol. The Morgan fingerprint density at radius 1 is 1.00 bits per heavy atom. The monoisotopic (exact) mass is 382 g/mol. The number of hydrogen-bond donors (Lipinski definition) is 2. The Hall–Kier alpha value is -3.52. The van der Waals surface area contributed by atoms with E-state index >= 15 is 0 Å². The molecule has 2 aromatic carbocycles. The highest BCUT2D eigenvalue weighted by molar-refractivity contribution is 7.80. The van der Waals surface area contributed by atoms with E-state index in [0.717, 1.165) is 0 Å². The highest BCUT2D eigenvalue weighted by Gasteiger charge is 2.25. The maximum absolute atomic E-state index is 12.3. The summed E-state index contributed by atoms with van der Waals surface area (Å²) in [4.78, 5) is 36.2. The van der Waals surface area contributed by atoms with Crippen molar-refractivity contribution in [3.63, 3.8) is 0 Å². The van der Waals surface area contributed by atoms with Crippen LogP contribution in [-0.4, -0.2) is 30.0 Å². The van der Waals surface area contributed by atoms with E-state index < -0.39 is 17.8 Å². The van der Waals surface area contributed by atoms with Crippen molar-refractivity contribution in [3.05, 3.63) is 65.2 Å². The molecule has 136 valence electrons. The maximum atomic E-state index is 12.3. The number of carbonyl (C=O) groups excluding carboxylic acids is 3. The molecule has 0 aromatic heterocycles. The Morgan fingerprint density at radius 2 is 1.67 bits per heavy atom. The fourth-order valence-electron chi connectivity index (χ4n) is 2.37. The minimum atomic E-state index is -0.609. The number of ether oxygens (including phenoxy) is 2. The third-order valence-electron chi connectivity index (χ3n) is 3.65. The number of nitrogens with one attached hydrogen (secondary N) is 2. The number of hydrogen-bond acceptors (Lipinski definition) is 6. The number of amides is 2. The first-order valence-corrected chi connectivity index (χ1v) is 8.22. The molecule has 1 fully saturated rings. The SMILES string of the molecule is COc1ccc(C=C2C(=O)NC(=S)NC2=O)cc1OC(=O)c1ccccc1. The minimum absolute atomic E-state index is 0.0469. The summed E-state index contributed by atoms with van der Waals surface area (Å²) in [6, 6.07) is 13.2. The van der Waals surface area contributed by atoms with Gasteiger partial charge in [0.15, 0.2) is 16.6 Å². The number of benzene rings is 2. The molecule has 0 radical (unpaired) electrons. The Labute approximate surface area is 160 Å². The lowest BCUT2D eigenvalue weighted by Gasteiger charge is -2.16. The number of rotatable bonds is 4. The van der Waals surface area contributed by atoms with Crippen LogP contribution in [0, 0.1) is 0 Å². The van der Waals surface area contributed by atoms with Crippen molar-refractivity contribution in [3.8, 4) is 11.5 Å². The van der Waals surface area contributed by atoms with Crippen molar-refractivity contribution < 1.29 is 23.9 Å². The van der Waals surface area contributed by atoms with Crippen LogP contribution in [0.5, 0.6) is 11.5 Å². The zero-order valence-electron chi connectivity index (χ0n) is 14.1. The summed E-state index contributed by atoms with van der Waals surface area (Å²) in [5.74, 6) is -1.28. The van der Waals surface area contributed by atoms with Crippen LogP contribution in [0.2, 0.25) is 0 Å². The molecule has 7 nitrogen and oxygen atoms in total. The molecule has 2 aromatic rings. The first-order chi connectivity index (χ1) is 13.0. The van der Waals surface area contributed by atoms with Gasteiger partial charge in [-0.25, -0.2) is 4.79 Å². The van der Waals surface area contributed by atoms with Gasteiger partial charge >= 0.3 is 5.97 Å². The highest BCUT2D eigenvalue weighted by atomic mass is 32.1. The van der Waals surface area contributed by atoms with Gasteiger partial charge in [-0.05, 0) is 48.1 Å². The van der Waals surface area contributed by atoms with E-state index in [0.29, 0.717) is 16.9 Å². The molecule has 0 saturated carbocycles. The van der Waals surface area contributed by atoms with E-state index in [9.17, 15) is 14.4 Å². The van der Waals surface area contributed by atoms with Crippen LogP contribution in [0.15, 0.2) is 54.1 Å². The number of esters is 1. The molecule has 1 saturated heterocycles. The third-order valence-corrected chi connectivity index (χ3v) is 3.86. The van der Waals surface area contributed by atoms with Gasteiger partial charge in [-0.3, -0.25) is 20.2 Å². The summed E-state index contributed by atoms with van der Waals surface area (Å²) in [7, 11) is 1.44. The molecule has 0 atom stereocenters. The zero-order valence-corrected chi connectivity index (χ0v) is 15.0. The molecular weight excluding hydrogens is 368 g/mol. The van der Waals surface area contributed by atoms with Gasteiger partial charge < -0.3 is 9.47 Å². The lowest BCUT2D eigenvalue weighted by Crippen LogP contribution is -2.51. The number of carbonyl (C=O) groups is 3. The molecule has 0 aliphatic carbocycles. The second-order valence-corrected chi connectivity index (χ2v) is 5.87. The van der Waals surface area contributed by atoms with Crippen molar-refractivity contribution >= 4 is 41.2 Å². The standard InChI is InChI=1S/C19H14N2O5S/c1-25-14-8-7-11(9-13-16(22)20-19(27)21-17(13)23)10-15(14)26-18(24)12-5-3-2-4-6-12/h2-10H,1H3,(H2,20,21,22,23,27). The lowest BCUT2D eigenvalue weighted by molar-refractivity contribution is -0.123. The van der Waals surface area contributed by atoms with Gasteiger partial charge in [0, 0.05) is 0 Å². The Bertz CT molecular complexity index is 947. The molecule has 8 heteroatoms. The Balaban J connectivity index is 1.91. The first-order valence-electron chi connectivity index (χ1n) is 7.81. The maximum Gasteiger partial charge on any atom is 0.343 e. The van der Waals surface area contributed by atoms with Crippen molar-refractivity contribution in [2.45, 2.75) is 0 Å². The van der Waals surface area contributed by atoms with Gasteiger partial charge in [0.25, 0.3) is 11.8 Å². The molecule has 3 rings (SSSR count). The molecule has 0 spiro atoms. The van der Waals surface area contributed by atoms with E-state index in [-0.39, 0.29) is 16.4 Å². The van der Waals surface area contributed by atoms with Crippen LogP contribution < -0.4 is 20.1 Å².